The molecule has 102 valence electrons. The molecule has 0 amide bonds. The van der Waals surface area contributed by atoms with E-state index in [-0.39, 0.29) is 23.0 Å². The van der Waals surface area contributed by atoms with Gasteiger partial charge in [0.1, 0.15) is 5.75 Å². The summed E-state index contributed by atoms with van der Waals surface area (Å²) in [6.07, 6.45) is 3.41. The average molecular weight is 307 g/mol. The third kappa shape index (κ3) is 4.12. The van der Waals surface area contributed by atoms with Crippen LogP contribution in [0.15, 0.2) is 48.5 Å². The highest BCUT2D eigenvalue weighted by Gasteiger charge is 2.01. The van der Waals surface area contributed by atoms with Crippen molar-refractivity contribution in [3.8, 4) is 5.75 Å². The molecule has 20 heavy (non-hydrogen) atoms. The van der Waals surface area contributed by atoms with E-state index in [0.29, 0.717) is 10.6 Å². The molecule has 0 aliphatic heterocycles. The summed E-state index contributed by atoms with van der Waals surface area (Å²) in [5, 5.41) is 10.4. The monoisotopic (exact) mass is 306 g/mol. The van der Waals surface area contributed by atoms with Crippen LogP contribution in [0.25, 0.3) is 6.08 Å². The second kappa shape index (κ2) is 6.60. The predicted molar refractivity (Wildman–Crippen MR) is 82.3 cm³/mol. The Labute approximate surface area is 127 Å². The molecule has 2 aromatic carbocycles. The van der Waals surface area contributed by atoms with E-state index in [1.165, 1.54) is 12.1 Å². The molecule has 2 nitrogen and oxygen atoms in total. The third-order valence-electron chi connectivity index (χ3n) is 2.70. The summed E-state index contributed by atoms with van der Waals surface area (Å²) in [5.41, 5.74) is 1.58. The van der Waals surface area contributed by atoms with E-state index in [0.717, 1.165) is 5.56 Å². The number of carbonyl (C=O) groups is 1. The lowest BCUT2D eigenvalue weighted by molar-refractivity contribution is -0.113. The van der Waals surface area contributed by atoms with E-state index in [1.807, 2.05) is 12.1 Å². The van der Waals surface area contributed by atoms with Crippen LogP contribution in [0.3, 0.4) is 0 Å². The number of aromatic hydroxyl groups is 1. The number of hydrogen-bond donors (Lipinski definition) is 1. The molecule has 0 saturated heterocycles. The van der Waals surface area contributed by atoms with E-state index in [9.17, 15) is 9.90 Å². The Hall–Kier alpha value is -1.77. The average Bonchev–Trinajstić information content (AvgIpc) is 2.40. The van der Waals surface area contributed by atoms with Gasteiger partial charge in [0.25, 0.3) is 0 Å². The zero-order valence-electron chi connectivity index (χ0n) is 10.5. The quantitative estimate of drug-likeness (QED) is 0.843. The van der Waals surface area contributed by atoms with Gasteiger partial charge in [-0.15, -0.1) is 0 Å². The highest BCUT2D eigenvalue weighted by molar-refractivity contribution is 6.32. The number of ketones is 1. The van der Waals surface area contributed by atoms with Gasteiger partial charge in [-0.1, -0.05) is 47.5 Å². The fraction of sp³-hybridized carbons (Fsp3) is 0.0625. The summed E-state index contributed by atoms with van der Waals surface area (Å²) in [7, 11) is 0. The second-order valence-corrected chi connectivity index (χ2v) is 5.16. The molecule has 0 fully saturated rings. The molecule has 0 saturated carbocycles. The Balaban J connectivity index is 2.03. The number of rotatable bonds is 4. The van der Waals surface area contributed by atoms with Crippen molar-refractivity contribution >= 4 is 35.1 Å². The molecule has 0 radical (unpaired) electrons. The lowest BCUT2D eigenvalue weighted by atomic mass is 10.1. The fourth-order valence-corrected chi connectivity index (χ4v) is 2.06. The van der Waals surface area contributed by atoms with Crippen LogP contribution in [0.2, 0.25) is 10.0 Å². The largest absolute Gasteiger partial charge is 0.506 e. The number of carbonyl (C=O) groups excluding carboxylic acids is 1. The number of benzene rings is 2. The summed E-state index contributed by atoms with van der Waals surface area (Å²) in [6, 6.07) is 12.0. The van der Waals surface area contributed by atoms with Crippen LogP contribution in [0.1, 0.15) is 11.1 Å². The Morgan fingerprint density at radius 2 is 1.95 bits per heavy atom. The molecule has 0 aliphatic carbocycles. The summed E-state index contributed by atoms with van der Waals surface area (Å²) in [5.74, 6) is -0.0437. The SMILES string of the molecule is O=C(/C=C/c1ccc(Cl)c(O)c1)Cc1cccc(Cl)c1. The van der Waals surface area contributed by atoms with Gasteiger partial charge in [0.2, 0.25) is 0 Å². The summed E-state index contributed by atoms with van der Waals surface area (Å²) in [4.78, 5) is 11.8. The maximum Gasteiger partial charge on any atom is 0.160 e. The van der Waals surface area contributed by atoms with Gasteiger partial charge in [-0.3, -0.25) is 4.79 Å². The summed E-state index contributed by atoms with van der Waals surface area (Å²) < 4.78 is 0. The standard InChI is InChI=1S/C16H12Cl2O2/c17-13-3-1-2-12(8-13)9-14(19)6-4-11-5-7-15(18)16(20)10-11/h1-8,10,20H,9H2/b6-4+. The Morgan fingerprint density at radius 3 is 2.65 bits per heavy atom. The van der Waals surface area contributed by atoms with Gasteiger partial charge >= 0.3 is 0 Å². The molecule has 0 unspecified atom stereocenters. The van der Waals surface area contributed by atoms with Crippen molar-refractivity contribution in [3.63, 3.8) is 0 Å². The Morgan fingerprint density at radius 1 is 1.15 bits per heavy atom. The van der Waals surface area contributed by atoms with Crippen molar-refractivity contribution in [3.05, 3.63) is 69.7 Å². The van der Waals surface area contributed by atoms with Crippen molar-refractivity contribution < 1.29 is 9.90 Å². The van der Waals surface area contributed by atoms with Crippen LogP contribution in [-0.2, 0) is 11.2 Å². The number of phenolic OH excluding ortho intramolecular Hbond substituents is 1. The number of phenols is 1. The van der Waals surface area contributed by atoms with Crippen molar-refractivity contribution in [2.75, 3.05) is 0 Å². The molecule has 2 rings (SSSR count). The Bertz CT molecular complexity index is 663. The minimum Gasteiger partial charge on any atom is -0.506 e. The molecule has 0 heterocycles. The first-order valence-electron chi connectivity index (χ1n) is 5.98. The fourth-order valence-electron chi connectivity index (χ4n) is 1.73. The van der Waals surface area contributed by atoms with Crippen molar-refractivity contribution in [1.29, 1.82) is 0 Å². The Kier molecular flexibility index (Phi) is 4.83. The third-order valence-corrected chi connectivity index (χ3v) is 3.25. The van der Waals surface area contributed by atoms with E-state index >= 15 is 0 Å². The zero-order chi connectivity index (χ0) is 14.5. The van der Waals surface area contributed by atoms with Gasteiger partial charge in [-0.2, -0.15) is 0 Å². The van der Waals surface area contributed by atoms with E-state index in [2.05, 4.69) is 0 Å². The maximum absolute atomic E-state index is 11.8. The molecule has 1 N–H and O–H groups in total. The molecular formula is C16H12Cl2O2. The molecule has 0 bridgehead atoms. The lowest BCUT2D eigenvalue weighted by Crippen LogP contribution is -1.98. The van der Waals surface area contributed by atoms with Gasteiger partial charge in [-0.25, -0.2) is 0 Å². The maximum atomic E-state index is 11.8. The zero-order valence-corrected chi connectivity index (χ0v) is 12.0. The van der Waals surface area contributed by atoms with Gasteiger partial charge in [0, 0.05) is 11.4 Å². The molecule has 4 heteroatoms. The normalized spacial score (nSPS) is 10.9. The van der Waals surface area contributed by atoms with Crippen LogP contribution in [0, 0.1) is 0 Å². The van der Waals surface area contributed by atoms with Gasteiger partial charge in [0.15, 0.2) is 5.78 Å². The van der Waals surface area contributed by atoms with Gasteiger partial charge in [-0.05, 0) is 41.5 Å². The first-order chi connectivity index (χ1) is 9.54. The lowest BCUT2D eigenvalue weighted by Gasteiger charge is -1.99. The van der Waals surface area contributed by atoms with Crippen molar-refractivity contribution in [2.24, 2.45) is 0 Å². The second-order valence-electron chi connectivity index (χ2n) is 4.32. The molecule has 0 spiro atoms. The van der Waals surface area contributed by atoms with Crippen molar-refractivity contribution in [1.82, 2.24) is 0 Å². The summed E-state index contributed by atoms with van der Waals surface area (Å²) >= 11 is 11.6. The van der Waals surface area contributed by atoms with Gasteiger partial charge in [0.05, 0.1) is 5.02 Å². The predicted octanol–water partition coefficient (Wildman–Crippen LogP) is 4.52. The van der Waals surface area contributed by atoms with E-state index < -0.39 is 0 Å². The highest BCUT2D eigenvalue weighted by Crippen LogP contribution is 2.24. The first-order valence-corrected chi connectivity index (χ1v) is 6.74. The van der Waals surface area contributed by atoms with Crippen molar-refractivity contribution in [2.45, 2.75) is 6.42 Å². The van der Waals surface area contributed by atoms with E-state index in [1.54, 1.807) is 30.3 Å². The number of hydrogen-bond acceptors (Lipinski definition) is 2. The van der Waals surface area contributed by atoms with Crippen LogP contribution in [-0.4, -0.2) is 10.9 Å². The minimum atomic E-state index is -0.0401. The highest BCUT2D eigenvalue weighted by atomic mass is 35.5. The summed E-state index contributed by atoms with van der Waals surface area (Å²) in [6.45, 7) is 0. The van der Waals surface area contributed by atoms with Gasteiger partial charge < -0.3 is 5.11 Å². The molecule has 0 aliphatic rings. The number of halogens is 2. The smallest absolute Gasteiger partial charge is 0.160 e. The molecule has 2 aromatic rings. The first kappa shape index (κ1) is 14.6. The topological polar surface area (TPSA) is 37.3 Å². The minimum absolute atomic E-state index is 0.00360. The van der Waals surface area contributed by atoms with E-state index in [4.69, 9.17) is 23.2 Å². The van der Waals surface area contributed by atoms with Crippen LogP contribution in [0.4, 0.5) is 0 Å². The number of allylic oxidation sites excluding steroid dienone is 1. The van der Waals surface area contributed by atoms with Crippen LogP contribution < -0.4 is 0 Å². The van der Waals surface area contributed by atoms with Crippen LogP contribution >= 0.6 is 23.2 Å². The molecule has 0 aromatic heterocycles. The molecule has 0 atom stereocenters. The van der Waals surface area contributed by atoms with Crippen LogP contribution in [0.5, 0.6) is 5.75 Å². The molecular weight excluding hydrogens is 295 g/mol.